The van der Waals surface area contributed by atoms with Crippen LogP contribution in [0.2, 0.25) is 0 Å². The average molecular weight is 159 g/mol. The Morgan fingerprint density at radius 2 is 1.75 bits per heavy atom. The molecule has 0 saturated carbocycles. The molecule has 1 aromatic rings. The van der Waals surface area contributed by atoms with Crippen LogP contribution in [0, 0.1) is 12.3 Å². The van der Waals surface area contributed by atoms with Gasteiger partial charge in [-0.05, 0) is 23.5 Å². The van der Waals surface area contributed by atoms with Gasteiger partial charge in [-0.3, -0.25) is 0 Å². The monoisotopic (exact) mass is 159 g/mol. The number of benzene rings is 1. The highest BCUT2D eigenvalue weighted by molar-refractivity contribution is 5.54. The zero-order valence-corrected chi connectivity index (χ0v) is 7.75. The molecule has 0 atom stereocenters. The lowest BCUT2D eigenvalue weighted by Gasteiger charge is -2.07. The van der Waals surface area contributed by atoms with Crippen LogP contribution in [-0.2, 0) is 0 Å². The zero-order valence-electron chi connectivity index (χ0n) is 7.75. The second kappa shape index (κ2) is 4.10. The van der Waals surface area contributed by atoms with Crippen LogP contribution < -0.4 is 0 Å². The third-order valence-corrected chi connectivity index (χ3v) is 1.73. The van der Waals surface area contributed by atoms with Crippen molar-refractivity contribution in [2.24, 2.45) is 5.92 Å². The average Bonchev–Trinajstić information content (AvgIpc) is 2.04. The first-order valence-electron chi connectivity index (χ1n) is 4.30. The molecule has 1 aromatic carbocycles. The summed E-state index contributed by atoms with van der Waals surface area (Å²) in [4.78, 5) is 0. The minimum Gasteiger partial charge on any atom is -0.0985 e. The van der Waals surface area contributed by atoms with E-state index in [1.165, 1.54) is 11.1 Å². The molecule has 0 saturated heterocycles. The van der Waals surface area contributed by atoms with Gasteiger partial charge in [-0.1, -0.05) is 50.8 Å². The summed E-state index contributed by atoms with van der Waals surface area (Å²) >= 11 is 0. The first kappa shape index (κ1) is 9.05. The van der Waals surface area contributed by atoms with Gasteiger partial charge in [0.25, 0.3) is 0 Å². The van der Waals surface area contributed by atoms with Crippen molar-refractivity contribution in [3.05, 3.63) is 48.4 Å². The van der Waals surface area contributed by atoms with Gasteiger partial charge >= 0.3 is 0 Å². The molecule has 0 N–H and O–H groups in total. The van der Waals surface area contributed by atoms with E-state index < -0.39 is 0 Å². The third kappa shape index (κ3) is 2.23. The lowest BCUT2D eigenvalue weighted by Crippen LogP contribution is -1.92. The van der Waals surface area contributed by atoms with Crippen LogP contribution in [0.15, 0.2) is 30.8 Å². The van der Waals surface area contributed by atoms with Gasteiger partial charge in [-0.15, -0.1) is 0 Å². The maximum atomic E-state index is 3.78. The predicted molar refractivity (Wildman–Crippen MR) is 54.8 cm³/mol. The number of hydrogen-bond donors (Lipinski definition) is 0. The lowest BCUT2D eigenvalue weighted by atomic mass is 9.98. The van der Waals surface area contributed by atoms with Crippen LogP contribution in [0.25, 0.3) is 6.08 Å². The highest BCUT2D eigenvalue weighted by atomic mass is 14.0. The van der Waals surface area contributed by atoms with Gasteiger partial charge in [-0.2, -0.15) is 0 Å². The molecule has 0 aliphatic heterocycles. The van der Waals surface area contributed by atoms with Crippen molar-refractivity contribution in [2.75, 3.05) is 0 Å². The van der Waals surface area contributed by atoms with Gasteiger partial charge < -0.3 is 0 Å². The zero-order chi connectivity index (χ0) is 8.97. The Kier molecular flexibility index (Phi) is 3.09. The molecular formula is C12H15. The molecule has 0 spiro atoms. The highest BCUT2D eigenvalue weighted by Crippen LogP contribution is 2.16. The first-order valence-corrected chi connectivity index (χ1v) is 4.30. The maximum Gasteiger partial charge on any atom is -0.00614 e. The number of hydrogen-bond acceptors (Lipinski definition) is 0. The van der Waals surface area contributed by atoms with Gasteiger partial charge in [0.1, 0.15) is 0 Å². The Labute approximate surface area is 74.9 Å². The summed E-state index contributed by atoms with van der Waals surface area (Å²) in [6.07, 6.45) is 4.14. The Morgan fingerprint density at radius 3 is 2.25 bits per heavy atom. The van der Waals surface area contributed by atoms with Gasteiger partial charge in [0.05, 0.1) is 0 Å². The normalized spacial score (nSPS) is 10.2. The quantitative estimate of drug-likeness (QED) is 0.632. The van der Waals surface area contributed by atoms with Crippen LogP contribution in [0.1, 0.15) is 25.0 Å². The standard InChI is InChI=1S/C12H15/c1-4-11-7-5-6-8-12(11)9-10(2)3/h4-10H,1H2,2-3H3. The Balaban J connectivity index is 2.89. The van der Waals surface area contributed by atoms with Crippen LogP contribution in [0.5, 0.6) is 0 Å². The van der Waals surface area contributed by atoms with Crippen molar-refractivity contribution in [3.8, 4) is 0 Å². The van der Waals surface area contributed by atoms with E-state index in [1.807, 2.05) is 12.1 Å². The van der Waals surface area contributed by atoms with Gasteiger partial charge in [0.2, 0.25) is 0 Å². The van der Waals surface area contributed by atoms with Crippen LogP contribution in [0.3, 0.4) is 0 Å². The Bertz CT molecular complexity index is 258. The predicted octanol–water partition coefficient (Wildman–Crippen LogP) is 3.54. The third-order valence-electron chi connectivity index (χ3n) is 1.73. The van der Waals surface area contributed by atoms with Crippen molar-refractivity contribution >= 4 is 6.08 Å². The second-order valence-electron chi connectivity index (χ2n) is 3.24. The van der Waals surface area contributed by atoms with E-state index in [0.717, 1.165) is 0 Å². The molecule has 0 nitrogen and oxygen atoms in total. The Morgan fingerprint density at radius 1 is 1.17 bits per heavy atom. The summed E-state index contributed by atoms with van der Waals surface area (Å²) in [6.45, 7) is 8.14. The topological polar surface area (TPSA) is 0 Å². The molecule has 0 aromatic heterocycles. The van der Waals surface area contributed by atoms with Crippen LogP contribution in [0.4, 0.5) is 0 Å². The molecule has 0 aliphatic carbocycles. The maximum absolute atomic E-state index is 3.78. The molecule has 1 rings (SSSR count). The summed E-state index contributed by atoms with van der Waals surface area (Å²) < 4.78 is 0. The summed E-state index contributed by atoms with van der Waals surface area (Å²) in [5, 5.41) is 0. The molecule has 0 bridgehead atoms. The lowest BCUT2D eigenvalue weighted by molar-refractivity contribution is 0.776. The van der Waals surface area contributed by atoms with Crippen LogP contribution in [-0.4, -0.2) is 0 Å². The van der Waals surface area contributed by atoms with Crippen molar-refractivity contribution in [1.29, 1.82) is 0 Å². The van der Waals surface area contributed by atoms with E-state index >= 15 is 0 Å². The van der Waals surface area contributed by atoms with E-state index in [9.17, 15) is 0 Å². The van der Waals surface area contributed by atoms with Crippen molar-refractivity contribution in [2.45, 2.75) is 13.8 Å². The van der Waals surface area contributed by atoms with Gasteiger partial charge in [0.15, 0.2) is 0 Å². The minimum atomic E-state index is 0.589. The van der Waals surface area contributed by atoms with E-state index in [4.69, 9.17) is 0 Å². The first-order chi connectivity index (χ1) is 5.74. The largest absolute Gasteiger partial charge is 0.0985 e. The molecule has 0 fully saturated rings. The molecule has 0 heterocycles. The molecule has 0 amide bonds. The van der Waals surface area contributed by atoms with Crippen molar-refractivity contribution in [1.82, 2.24) is 0 Å². The highest BCUT2D eigenvalue weighted by Gasteiger charge is 2.00. The molecule has 63 valence electrons. The molecule has 0 heteroatoms. The van der Waals surface area contributed by atoms with Crippen molar-refractivity contribution < 1.29 is 0 Å². The summed E-state index contributed by atoms with van der Waals surface area (Å²) in [7, 11) is 0. The van der Waals surface area contributed by atoms with E-state index in [-0.39, 0.29) is 0 Å². The molecule has 1 radical (unpaired) electrons. The summed E-state index contributed by atoms with van der Waals surface area (Å²) in [5.41, 5.74) is 2.49. The van der Waals surface area contributed by atoms with Crippen molar-refractivity contribution in [3.63, 3.8) is 0 Å². The van der Waals surface area contributed by atoms with Crippen LogP contribution >= 0.6 is 0 Å². The van der Waals surface area contributed by atoms with E-state index in [0.29, 0.717) is 5.92 Å². The summed E-state index contributed by atoms with van der Waals surface area (Å²) in [5.74, 6) is 0.589. The fourth-order valence-electron chi connectivity index (χ4n) is 1.21. The van der Waals surface area contributed by atoms with Gasteiger partial charge in [0, 0.05) is 0 Å². The number of rotatable bonds is 3. The molecular weight excluding hydrogens is 144 g/mol. The molecule has 0 aliphatic rings. The van der Waals surface area contributed by atoms with E-state index in [1.54, 1.807) is 0 Å². The minimum absolute atomic E-state index is 0.589. The smallest absolute Gasteiger partial charge is 0.00614 e. The van der Waals surface area contributed by atoms with Gasteiger partial charge in [-0.25, -0.2) is 0 Å². The molecule has 12 heavy (non-hydrogen) atoms. The SMILES string of the molecule is C=Cc1ccccc1[CH]C(C)C. The fourth-order valence-corrected chi connectivity index (χ4v) is 1.21. The van der Waals surface area contributed by atoms with E-state index in [2.05, 4.69) is 45.0 Å². The molecule has 0 unspecified atom stereocenters. The Hall–Kier alpha value is -1.04. The summed E-state index contributed by atoms with van der Waals surface area (Å²) in [6, 6.07) is 8.30. The fraction of sp³-hybridized carbons (Fsp3) is 0.250. The second-order valence-corrected chi connectivity index (χ2v) is 3.24.